The van der Waals surface area contributed by atoms with Gasteiger partial charge in [0.05, 0.1) is 5.69 Å². The van der Waals surface area contributed by atoms with Crippen LogP contribution in [0.3, 0.4) is 0 Å². The van der Waals surface area contributed by atoms with Crippen LogP contribution in [0.4, 0.5) is 27.6 Å². The molecule has 2 unspecified atom stereocenters. The van der Waals surface area contributed by atoms with E-state index in [1.165, 1.54) is 0 Å². The molecule has 2 atom stereocenters. The van der Waals surface area contributed by atoms with Gasteiger partial charge in [-0.3, -0.25) is 0 Å². The molecule has 1 aliphatic heterocycles. The third-order valence-electron chi connectivity index (χ3n) is 2.50. The number of hydrogen-bond donors (Lipinski definition) is 3. The summed E-state index contributed by atoms with van der Waals surface area (Å²) in [5.41, 5.74) is -1.12. The molecule has 0 radical (unpaired) electrons. The van der Waals surface area contributed by atoms with Crippen molar-refractivity contribution in [1.29, 1.82) is 0 Å². The lowest BCUT2D eigenvalue weighted by atomic mass is 10.1. The van der Waals surface area contributed by atoms with Gasteiger partial charge in [-0.15, -0.1) is 0 Å². The highest BCUT2D eigenvalue weighted by molar-refractivity contribution is 5.62. The second kappa shape index (κ2) is 4.20. The fraction of sp³-hybridized carbons (Fsp3) is 0.400. The van der Waals surface area contributed by atoms with Crippen LogP contribution in [0.1, 0.15) is 11.7 Å². The number of aliphatic hydroxyl groups is 2. The van der Waals surface area contributed by atoms with Crippen LogP contribution in [0.2, 0.25) is 0 Å². The fourth-order valence-corrected chi connectivity index (χ4v) is 1.60. The Hall–Kier alpha value is -1.61. The summed E-state index contributed by atoms with van der Waals surface area (Å²) < 4.78 is 67.5. The first-order valence-electron chi connectivity index (χ1n) is 5.02. The van der Waals surface area contributed by atoms with E-state index >= 15 is 0 Å². The largest absolute Gasteiger partial charge is 0.444 e. The number of anilines is 1. The maximum absolute atomic E-state index is 13.1. The molecule has 0 bridgehead atoms. The minimum Gasteiger partial charge on any atom is -0.427 e. The number of hydrogen-bond acceptors (Lipinski definition) is 4. The topological polar surface area (TPSA) is 61.7 Å². The molecular weight excluding hydrogens is 277 g/mol. The van der Waals surface area contributed by atoms with Crippen LogP contribution in [0.25, 0.3) is 0 Å². The average molecular weight is 285 g/mol. The molecular formula is C10H8F5NO3. The summed E-state index contributed by atoms with van der Waals surface area (Å²) in [5.74, 6) is -0.845. The molecule has 0 fully saturated rings. The fourth-order valence-electron chi connectivity index (χ4n) is 1.60. The molecule has 0 saturated carbocycles. The number of alkyl halides is 5. The molecule has 1 heterocycles. The molecule has 106 valence electrons. The van der Waals surface area contributed by atoms with Crippen LogP contribution in [0, 0.1) is 0 Å². The van der Waals surface area contributed by atoms with Gasteiger partial charge in [-0.25, -0.2) is 0 Å². The van der Waals surface area contributed by atoms with Gasteiger partial charge in [-0.2, -0.15) is 22.0 Å². The summed E-state index contributed by atoms with van der Waals surface area (Å²) in [5, 5.41) is 20.0. The molecule has 0 spiro atoms. The predicted molar refractivity (Wildman–Crippen MR) is 52.7 cm³/mol. The molecule has 1 aliphatic rings. The molecule has 2 rings (SSSR count). The van der Waals surface area contributed by atoms with E-state index in [1.54, 1.807) is 0 Å². The molecule has 0 aromatic heterocycles. The van der Waals surface area contributed by atoms with Gasteiger partial charge in [-0.05, 0) is 6.07 Å². The molecule has 1 aromatic rings. The van der Waals surface area contributed by atoms with Crippen molar-refractivity contribution in [3.05, 3.63) is 23.8 Å². The van der Waals surface area contributed by atoms with Crippen molar-refractivity contribution in [1.82, 2.24) is 0 Å². The predicted octanol–water partition coefficient (Wildman–Crippen LogP) is 2.00. The molecule has 0 saturated heterocycles. The van der Waals surface area contributed by atoms with Gasteiger partial charge in [0.15, 0.2) is 11.9 Å². The quantitative estimate of drug-likeness (QED) is 0.691. The molecule has 1 aromatic carbocycles. The van der Waals surface area contributed by atoms with E-state index in [9.17, 15) is 22.0 Å². The Morgan fingerprint density at radius 2 is 1.95 bits per heavy atom. The molecule has 0 aliphatic carbocycles. The molecule has 0 amide bonds. The van der Waals surface area contributed by atoms with Gasteiger partial charge in [0, 0.05) is 5.56 Å². The zero-order valence-electron chi connectivity index (χ0n) is 9.08. The minimum atomic E-state index is -5.02. The van der Waals surface area contributed by atoms with Crippen LogP contribution in [-0.2, 0) is 0 Å². The van der Waals surface area contributed by atoms with Crippen molar-refractivity contribution in [2.75, 3.05) is 5.32 Å². The second-order valence-electron chi connectivity index (χ2n) is 3.88. The normalized spacial score (nSPS) is 23.0. The second-order valence-corrected chi connectivity index (χ2v) is 3.88. The lowest BCUT2D eigenvalue weighted by molar-refractivity contribution is -0.239. The first kappa shape index (κ1) is 13.8. The van der Waals surface area contributed by atoms with E-state index in [1.807, 2.05) is 5.32 Å². The number of para-hydroxylation sites is 1. The highest BCUT2D eigenvalue weighted by Crippen LogP contribution is 2.45. The molecule has 3 N–H and O–H groups in total. The number of rotatable bonds is 1. The number of aliphatic hydroxyl groups excluding tert-OH is 2. The average Bonchev–Trinajstić information content (AvgIpc) is 2.27. The summed E-state index contributed by atoms with van der Waals surface area (Å²) in [7, 11) is 0. The molecule has 4 nitrogen and oxygen atoms in total. The first-order valence-corrected chi connectivity index (χ1v) is 5.02. The van der Waals surface area contributed by atoms with Crippen LogP contribution in [0.5, 0.6) is 5.75 Å². The Morgan fingerprint density at radius 3 is 2.53 bits per heavy atom. The Labute approximate surface area is 103 Å². The van der Waals surface area contributed by atoms with Gasteiger partial charge in [0.1, 0.15) is 0 Å². The zero-order valence-corrected chi connectivity index (χ0v) is 9.08. The Morgan fingerprint density at radius 1 is 1.32 bits per heavy atom. The van der Waals surface area contributed by atoms with Crippen LogP contribution in [0.15, 0.2) is 18.2 Å². The summed E-state index contributed by atoms with van der Waals surface area (Å²) >= 11 is 0. The van der Waals surface area contributed by atoms with E-state index in [2.05, 4.69) is 4.74 Å². The van der Waals surface area contributed by atoms with Gasteiger partial charge in [0.2, 0.25) is 6.23 Å². The van der Waals surface area contributed by atoms with Crippen LogP contribution in [-0.4, -0.2) is 28.7 Å². The molecule has 19 heavy (non-hydrogen) atoms. The zero-order chi connectivity index (χ0) is 14.4. The summed E-state index contributed by atoms with van der Waals surface area (Å²) in [4.78, 5) is 0. The van der Waals surface area contributed by atoms with Gasteiger partial charge in [0.25, 0.3) is 0 Å². The van der Waals surface area contributed by atoms with Gasteiger partial charge in [-0.1, -0.05) is 12.1 Å². The number of fused-ring (bicyclic) bond motifs is 1. The van der Waals surface area contributed by atoms with Crippen molar-refractivity contribution < 1.29 is 36.9 Å². The van der Waals surface area contributed by atoms with Gasteiger partial charge < -0.3 is 20.3 Å². The third kappa shape index (κ3) is 2.43. The summed E-state index contributed by atoms with van der Waals surface area (Å²) in [6.07, 6.45) is -14.5. The maximum atomic E-state index is 13.1. The smallest absolute Gasteiger partial charge is 0.427 e. The van der Waals surface area contributed by atoms with Crippen molar-refractivity contribution in [3.8, 4) is 5.75 Å². The number of benzene rings is 1. The Balaban J connectivity index is 2.48. The van der Waals surface area contributed by atoms with E-state index in [0.29, 0.717) is 0 Å². The van der Waals surface area contributed by atoms with Crippen molar-refractivity contribution in [2.24, 2.45) is 0 Å². The van der Waals surface area contributed by atoms with Crippen molar-refractivity contribution in [3.63, 3.8) is 0 Å². The van der Waals surface area contributed by atoms with Crippen LogP contribution >= 0.6 is 0 Å². The number of nitrogens with one attached hydrogen (secondary N) is 1. The monoisotopic (exact) mass is 285 g/mol. The number of ether oxygens (including phenoxy) is 1. The Bertz CT molecular complexity index is 491. The SMILES string of the molecule is OC(c1cccc2c1OC(F)(F)C(O)N2)C(F)(F)F. The number of halogens is 5. The summed E-state index contributed by atoms with van der Waals surface area (Å²) in [6, 6.07) is 3.06. The summed E-state index contributed by atoms with van der Waals surface area (Å²) in [6.45, 7) is 0. The first-order chi connectivity index (χ1) is 8.63. The highest BCUT2D eigenvalue weighted by Gasteiger charge is 2.49. The van der Waals surface area contributed by atoms with E-state index < -0.39 is 35.9 Å². The minimum absolute atomic E-state index is 0.265. The van der Waals surface area contributed by atoms with E-state index in [-0.39, 0.29) is 5.69 Å². The lowest BCUT2D eigenvalue weighted by Gasteiger charge is -2.32. The standard InChI is InChI=1S/C10H8F5NO3/c11-9(12,13)7(17)4-2-1-3-5-6(4)19-10(14,15)8(18)16-5/h1-3,7-8,16-18H. The molecule has 9 heteroatoms. The highest BCUT2D eigenvalue weighted by atomic mass is 19.4. The maximum Gasteiger partial charge on any atom is 0.444 e. The van der Waals surface area contributed by atoms with E-state index in [4.69, 9.17) is 10.2 Å². The van der Waals surface area contributed by atoms with Crippen molar-refractivity contribution in [2.45, 2.75) is 24.6 Å². The van der Waals surface area contributed by atoms with Crippen molar-refractivity contribution >= 4 is 5.69 Å². The van der Waals surface area contributed by atoms with Gasteiger partial charge >= 0.3 is 12.3 Å². The third-order valence-corrected chi connectivity index (χ3v) is 2.50. The van der Waals surface area contributed by atoms with E-state index in [0.717, 1.165) is 18.2 Å². The lowest BCUT2D eigenvalue weighted by Crippen LogP contribution is -2.47. The Kier molecular flexibility index (Phi) is 3.06. The van der Waals surface area contributed by atoms with Crippen LogP contribution < -0.4 is 10.1 Å².